The molecule has 1 atom stereocenters. The number of nitrogens with one attached hydrogen (secondary N) is 1. The molecule has 1 unspecified atom stereocenters. The van der Waals surface area contributed by atoms with Crippen LogP contribution in [0.1, 0.15) is 18.2 Å². The molecule has 1 aliphatic heterocycles. The van der Waals surface area contributed by atoms with E-state index in [1.165, 1.54) is 36.0 Å². The van der Waals surface area contributed by atoms with E-state index in [0.717, 1.165) is 5.69 Å². The Bertz CT molecular complexity index is 924. The van der Waals surface area contributed by atoms with E-state index in [1.54, 1.807) is 4.57 Å². The van der Waals surface area contributed by atoms with E-state index in [9.17, 15) is 19.7 Å². The number of hydrogen-bond donors (Lipinski definition) is 1. The Balaban J connectivity index is 1.77. The van der Waals surface area contributed by atoms with Crippen molar-refractivity contribution in [3.63, 3.8) is 0 Å². The summed E-state index contributed by atoms with van der Waals surface area (Å²) in [6.45, 7) is 4.02. The third-order valence-electron chi connectivity index (χ3n) is 4.32. The van der Waals surface area contributed by atoms with Gasteiger partial charge in [0, 0.05) is 41.4 Å². The van der Waals surface area contributed by atoms with Gasteiger partial charge in [0.05, 0.1) is 10.8 Å². The van der Waals surface area contributed by atoms with Crippen LogP contribution in [-0.4, -0.2) is 26.1 Å². The van der Waals surface area contributed by atoms with Crippen LogP contribution in [0.4, 0.5) is 11.4 Å². The summed E-state index contributed by atoms with van der Waals surface area (Å²) in [5.41, 5.74) is 1.77. The van der Waals surface area contributed by atoms with Gasteiger partial charge in [-0.2, -0.15) is 0 Å². The predicted octanol–water partition coefficient (Wildman–Crippen LogP) is 2.38. The number of aromatic nitrogens is 2. The highest BCUT2D eigenvalue weighted by molar-refractivity contribution is 7.99. The summed E-state index contributed by atoms with van der Waals surface area (Å²) in [4.78, 5) is 39.8. The molecule has 0 aliphatic carbocycles. The molecule has 2 aromatic rings. The number of rotatable bonds is 4. The second kappa shape index (κ2) is 7.28. The Hall–Kier alpha value is -2.68. The Morgan fingerprint density at radius 2 is 2.12 bits per heavy atom. The number of hydrogen-bond acceptors (Lipinski definition) is 6. The van der Waals surface area contributed by atoms with Crippen LogP contribution in [0, 0.1) is 23.0 Å². The average Bonchev–Trinajstić information content (AvgIpc) is 2.62. The van der Waals surface area contributed by atoms with E-state index in [1.807, 2.05) is 13.8 Å². The van der Waals surface area contributed by atoms with Crippen molar-refractivity contribution in [1.29, 1.82) is 0 Å². The molecule has 136 valence electrons. The van der Waals surface area contributed by atoms with E-state index in [2.05, 4.69) is 10.3 Å². The Kier molecular flexibility index (Phi) is 5.08. The number of fused-ring (bicyclic) bond motifs is 1. The molecule has 0 saturated heterocycles. The van der Waals surface area contributed by atoms with Gasteiger partial charge in [-0.3, -0.25) is 24.3 Å². The number of nitro benzene ring substituents is 1. The lowest BCUT2D eigenvalue weighted by Crippen LogP contribution is -2.38. The van der Waals surface area contributed by atoms with Crippen LogP contribution >= 0.6 is 11.8 Å². The fourth-order valence-corrected chi connectivity index (χ4v) is 3.99. The zero-order valence-electron chi connectivity index (χ0n) is 14.4. The van der Waals surface area contributed by atoms with Crippen LogP contribution in [0.3, 0.4) is 0 Å². The molecule has 2 heterocycles. The van der Waals surface area contributed by atoms with E-state index in [0.29, 0.717) is 28.6 Å². The highest BCUT2D eigenvalue weighted by atomic mass is 32.2. The highest BCUT2D eigenvalue weighted by Gasteiger charge is 2.28. The number of carbonyl (C=O) groups is 1. The molecule has 0 saturated carbocycles. The molecular weight excluding hydrogens is 356 g/mol. The van der Waals surface area contributed by atoms with Crippen molar-refractivity contribution in [2.75, 3.05) is 11.1 Å². The van der Waals surface area contributed by atoms with Crippen molar-refractivity contribution in [2.24, 2.45) is 5.92 Å². The monoisotopic (exact) mass is 374 g/mol. The van der Waals surface area contributed by atoms with E-state index >= 15 is 0 Å². The standard InChI is InChI=1S/C17H18N4O4S/c1-3-14-10(2)18-17-20(16(14)23)8-11(9-26-17)15(22)19-12-4-6-13(7-5-12)21(24)25/h4-7,11H,3,8-9H2,1-2H3,(H,19,22). The first-order chi connectivity index (χ1) is 12.4. The predicted molar refractivity (Wildman–Crippen MR) is 98.6 cm³/mol. The minimum absolute atomic E-state index is 0.0368. The van der Waals surface area contributed by atoms with Crippen LogP contribution in [0.25, 0.3) is 0 Å². The lowest BCUT2D eigenvalue weighted by molar-refractivity contribution is -0.384. The third-order valence-corrected chi connectivity index (χ3v) is 5.46. The summed E-state index contributed by atoms with van der Waals surface area (Å²) in [7, 11) is 0. The Labute approximate surface area is 153 Å². The summed E-state index contributed by atoms with van der Waals surface area (Å²) in [6.07, 6.45) is 0.599. The van der Waals surface area contributed by atoms with Crippen LogP contribution in [0.15, 0.2) is 34.2 Å². The fraction of sp³-hybridized carbons (Fsp3) is 0.353. The van der Waals surface area contributed by atoms with Gasteiger partial charge in [0.25, 0.3) is 11.2 Å². The van der Waals surface area contributed by atoms with Crippen LogP contribution in [-0.2, 0) is 17.8 Å². The van der Waals surface area contributed by atoms with Gasteiger partial charge in [0.1, 0.15) is 0 Å². The van der Waals surface area contributed by atoms with Crippen molar-refractivity contribution in [2.45, 2.75) is 32.0 Å². The Morgan fingerprint density at radius 1 is 1.42 bits per heavy atom. The number of non-ortho nitro benzene ring substituents is 1. The number of amides is 1. The third kappa shape index (κ3) is 3.48. The Morgan fingerprint density at radius 3 is 2.73 bits per heavy atom. The molecule has 3 rings (SSSR count). The van der Waals surface area contributed by atoms with Crippen LogP contribution < -0.4 is 10.9 Å². The maximum Gasteiger partial charge on any atom is 0.269 e. The first-order valence-corrected chi connectivity index (χ1v) is 9.17. The van der Waals surface area contributed by atoms with Crippen molar-refractivity contribution >= 4 is 29.0 Å². The first-order valence-electron chi connectivity index (χ1n) is 8.19. The summed E-state index contributed by atoms with van der Waals surface area (Å²) >= 11 is 1.39. The van der Waals surface area contributed by atoms with Crippen molar-refractivity contribution in [1.82, 2.24) is 9.55 Å². The van der Waals surface area contributed by atoms with Gasteiger partial charge in [0.2, 0.25) is 5.91 Å². The lowest BCUT2D eigenvalue weighted by atomic mass is 10.1. The quantitative estimate of drug-likeness (QED) is 0.500. The smallest absolute Gasteiger partial charge is 0.269 e. The maximum atomic E-state index is 12.6. The fourth-order valence-electron chi connectivity index (χ4n) is 2.87. The molecule has 26 heavy (non-hydrogen) atoms. The van der Waals surface area contributed by atoms with Gasteiger partial charge < -0.3 is 5.32 Å². The number of thioether (sulfide) groups is 1. The number of carbonyl (C=O) groups excluding carboxylic acids is 1. The average molecular weight is 374 g/mol. The van der Waals surface area contributed by atoms with E-state index in [4.69, 9.17) is 0 Å². The second-order valence-corrected chi connectivity index (χ2v) is 7.02. The van der Waals surface area contributed by atoms with Gasteiger partial charge in [-0.05, 0) is 25.5 Å². The van der Waals surface area contributed by atoms with Gasteiger partial charge >= 0.3 is 0 Å². The van der Waals surface area contributed by atoms with Crippen LogP contribution in [0.2, 0.25) is 0 Å². The van der Waals surface area contributed by atoms with Gasteiger partial charge in [-0.15, -0.1) is 0 Å². The topological polar surface area (TPSA) is 107 Å². The zero-order valence-corrected chi connectivity index (χ0v) is 15.2. The summed E-state index contributed by atoms with van der Waals surface area (Å²) in [5.74, 6) is -0.0759. The van der Waals surface area contributed by atoms with Crippen molar-refractivity contribution < 1.29 is 9.72 Å². The summed E-state index contributed by atoms with van der Waals surface area (Å²) < 4.78 is 1.57. The SMILES string of the molecule is CCc1c(C)nc2n(c1=O)CC(C(=O)Nc1ccc([N+](=O)[O-])cc1)CS2. The molecule has 8 nitrogen and oxygen atoms in total. The molecule has 0 spiro atoms. The molecule has 1 aromatic carbocycles. The largest absolute Gasteiger partial charge is 0.326 e. The van der Waals surface area contributed by atoms with Gasteiger partial charge in [-0.1, -0.05) is 18.7 Å². The molecule has 1 aliphatic rings. The molecular formula is C17H18N4O4S. The molecule has 1 N–H and O–H groups in total. The molecule has 0 bridgehead atoms. The van der Waals surface area contributed by atoms with Gasteiger partial charge in [-0.25, -0.2) is 4.98 Å². The first kappa shape index (κ1) is 18.1. The minimum Gasteiger partial charge on any atom is -0.326 e. The van der Waals surface area contributed by atoms with Crippen LogP contribution in [0.5, 0.6) is 0 Å². The van der Waals surface area contributed by atoms with E-state index in [-0.39, 0.29) is 29.6 Å². The minimum atomic E-state index is -0.493. The number of anilines is 1. The molecule has 9 heteroatoms. The summed E-state index contributed by atoms with van der Waals surface area (Å²) in [5, 5.41) is 14.1. The molecule has 0 fully saturated rings. The maximum absolute atomic E-state index is 12.6. The number of nitro groups is 1. The molecule has 1 amide bonds. The number of nitrogens with zero attached hydrogens (tertiary/aromatic N) is 3. The highest BCUT2D eigenvalue weighted by Crippen LogP contribution is 2.27. The van der Waals surface area contributed by atoms with Gasteiger partial charge in [0.15, 0.2) is 5.16 Å². The zero-order chi connectivity index (χ0) is 18.8. The van der Waals surface area contributed by atoms with Crippen molar-refractivity contribution in [3.05, 3.63) is 56.0 Å². The lowest BCUT2D eigenvalue weighted by Gasteiger charge is -2.25. The molecule has 0 radical (unpaired) electrons. The van der Waals surface area contributed by atoms with Crippen molar-refractivity contribution in [3.8, 4) is 0 Å². The number of aryl methyl sites for hydroxylation is 1. The van der Waals surface area contributed by atoms with E-state index < -0.39 is 4.92 Å². The second-order valence-electron chi connectivity index (χ2n) is 6.03. The number of benzene rings is 1. The normalized spacial score (nSPS) is 16.0. The molecule has 1 aromatic heterocycles. The summed E-state index contributed by atoms with van der Waals surface area (Å²) in [6, 6.07) is 5.66.